The molecule has 1 aliphatic heterocycles. The van der Waals surface area contributed by atoms with Crippen molar-refractivity contribution in [2.24, 2.45) is 0 Å². The van der Waals surface area contributed by atoms with Gasteiger partial charge < -0.3 is 9.64 Å². The van der Waals surface area contributed by atoms with Crippen LogP contribution >= 0.6 is 0 Å². The van der Waals surface area contributed by atoms with E-state index in [1.54, 1.807) is 30.2 Å². The van der Waals surface area contributed by atoms with E-state index in [9.17, 15) is 13.2 Å². The first kappa shape index (κ1) is 17.7. The Kier molecular flexibility index (Phi) is 5.31. The largest absolute Gasteiger partial charge is 0.496 e. The van der Waals surface area contributed by atoms with Crippen LogP contribution in [-0.4, -0.2) is 56.8 Å². The maximum Gasteiger partial charge on any atom is 0.243 e. The molecular weight excluding hydrogens is 316 g/mol. The Bertz CT molecular complexity index is 677. The molecule has 23 heavy (non-hydrogen) atoms. The number of benzene rings is 1. The van der Waals surface area contributed by atoms with Crippen molar-refractivity contribution < 1.29 is 17.9 Å². The van der Waals surface area contributed by atoms with Crippen LogP contribution in [0.3, 0.4) is 0 Å². The second-order valence-electron chi connectivity index (χ2n) is 5.97. The van der Waals surface area contributed by atoms with E-state index in [0.717, 1.165) is 5.56 Å². The normalized spacial score (nSPS) is 16.7. The van der Waals surface area contributed by atoms with Crippen LogP contribution in [-0.2, 0) is 14.8 Å². The quantitative estimate of drug-likeness (QED) is 0.836. The summed E-state index contributed by atoms with van der Waals surface area (Å²) < 4.78 is 32.4. The lowest BCUT2D eigenvalue weighted by Crippen LogP contribution is -2.49. The van der Waals surface area contributed by atoms with Crippen LogP contribution in [0.15, 0.2) is 23.1 Å². The smallest absolute Gasteiger partial charge is 0.243 e. The second-order valence-corrected chi connectivity index (χ2v) is 7.91. The molecule has 1 aromatic carbocycles. The Morgan fingerprint density at radius 1 is 1.17 bits per heavy atom. The van der Waals surface area contributed by atoms with Crippen molar-refractivity contribution in [3.05, 3.63) is 23.8 Å². The number of ether oxygens (including phenoxy) is 1. The van der Waals surface area contributed by atoms with Crippen LogP contribution < -0.4 is 4.74 Å². The maximum atomic E-state index is 12.8. The molecule has 6 nitrogen and oxygen atoms in total. The van der Waals surface area contributed by atoms with Gasteiger partial charge in [0, 0.05) is 33.1 Å². The molecule has 0 atom stereocenters. The molecule has 0 radical (unpaired) electrons. The summed E-state index contributed by atoms with van der Waals surface area (Å²) in [4.78, 5) is 13.3. The van der Waals surface area contributed by atoms with Crippen molar-refractivity contribution in [1.29, 1.82) is 0 Å². The monoisotopic (exact) mass is 340 g/mol. The summed E-state index contributed by atoms with van der Waals surface area (Å²) in [6.45, 7) is 7.02. The van der Waals surface area contributed by atoms with Crippen molar-refractivity contribution in [3.8, 4) is 5.75 Å². The lowest BCUT2D eigenvalue weighted by atomic mass is 10.0. The van der Waals surface area contributed by atoms with Gasteiger partial charge in [0.1, 0.15) is 5.75 Å². The molecule has 0 aliphatic carbocycles. The van der Waals surface area contributed by atoms with Gasteiger partial charge >= 0.3 is 0 Å². The van der Waals surface area contributed by atoms with Gasteiger partial charge in [-0.2, -0.15) is 4.31 Å². The van der Waals surface area contributed by atoms with E-state index in [1.165, 1.54) is 11.2 Å². The summed E-state index contributed by atoms with van der Waals surface area (Å²) >= 11 is 0. The first-order chi connectivity index (χ1) is 10.8. The van der Waals surface area contributed by atoms with Gasteiger partial charge in [0.25, 0.3) is 0 Å². The number of piperazine rings is 1. The standard InChI is InChI=1S/C16H24N2O4S/c1-12(2)15-11-14(5-6-16(15)22-4)23(20,21)18-9-7-17(8-10-18)13(3)19/h5-6,11-12H,7-10H2,1-4H3. The Hall–Kier alpha value is -1.60. The Balaban J connectivity index is 2.27. The molecule has 0 saturated carbocycles. The molecule has 7 heteroatoms. The summed E-state index contributed by atoms with van der Waals surface area (Å²) in [5.41, 5.74) is 0.871. The summed E-state index contributed by atoms with van der Waals surface area (Å²) in [7, 11) is -1.97. The van der Waals surface area contributed by atoms with Gasteiger partial charge in [-0.1, -0.05) is 13.8 Å². The molecule has 2 rings (SSSR count). The molecule has 1 saturated heterocycles. The minimum Gasteiger partial charge on any atom is -0.496 e. The summed E-state index contributed by atoms with van der Waals surface area (Å²) in [6.07, 6.45) is 0. The predicted octanol–water partition coefficient (Wildman–Crippen LogP) is 1.67. The molecule has 0 spiro atoms. The second kappa shape index (κ2) is 6.88. The lowest BCUT2D eigenvalue weighted by Gasteiger charge is -2.33. The molecule has 0 unspecified atom stereocenters. The van der Waals surface area contributed by atoms with Crippen LogP contribution in [0.2, 0.25) is 0 Å². The number of nitrogens with zero attached hydrogens (tertiary/aromatic N) is 2. The average Bonchev–Trinajstić information content (AvgIpc) is 2.54. The number of carbonyl (C=O) groups is 1. The van der Waals surface area contributed by atoms with E-state index >= 15 is 0 Å². The summed E-state index contributed by atoms with van der Waals surface area (Å²) in [5.74, 6) is 0.837. The van der Waals surface area contributed by atoms with Gasteiger partial charge in [0.05, 0.1) is 12.0 Å². The maximum absolute atomic E-state index is 12.8. The molecule has 1 aromatic rings. The highest BCUT2D eigenvalue weighted by Crippen LogP contribution is 2.30. The molecule has 0 aromatic heterocycles. The molecular formula is C16H24N2O4S. The zero-order valence-electron chi connectivity index (χ0n) is 14.1. The number of amides is 1. The van der Waals surface area contributed by atoms with Crippen molar-refractivity contribution in [2.75, 3.05) is 33.3 Å². The fraction of sp³-hybridized carbons (Fsp3) is 0.562. The van der Waals surface area contributed by atoms with Crippen LogP contribution in [0.1, 0.15) is 32.3 Å². The number of sulfonamides is 1. The average molecular weight is 340 g/mol. The molecule has 0 N–H and O–H groups in total. The topological polar surface area (TPSA) is 66.9 Å². The molecule has 1 heterocycles. The van der Waals surface area contributed by atoms with Crippen LogP contribution in [0.4, 0.5) is 0 Å². The van der Waals surface area contributed by atoms with Crippen molar-refractivity contribution in [3.63, 3.8) is 0 Å². The molecule has 128 valence electrons. The lowest BCUT2D eigenvalue weighted by molar-refractivity contribution is -0.129. The Morgan fingerprint density at radius 3 is 2.26 bits per heavy atom. The first-order valence-corrected chi connectivity index (χ1v) is 9.15. The number of rotatable bonds is 4. The number of methoxy groups -OCH3 is 1. The fourth-order valence-corrected chi connectivity index (χ4v) is 4.17. The van der Waals surface area contributed by atoms with E-state index in [1.807, 2.05) is 13.8 Å². The Morgan fingerprint density at radius 2 is 1.78 bits per heavy atom. The molecule has 1 aliphatic rings. The van der Waals surface area contributed by atoms with E-state index in [4.69, 9.17) is 4.74 Å². The zero-order chi connectivity index (χ0) is 17.2. The zero-order valence-corrected chi connectivity index (χ0v) is 14.9. The number of hydrogen-bond donors (Lipinski definition) is 0. The van der Waals surface area contributed by atoms with Gasteiger partial charge in [-0.15, -0.1) is 0 Å². The van der Waals surface area contributed by atoms with E-state index in [-0.39, 0.29) is 16.7 Å². The van der Waals surface area contributed by atoms with Crippen LogP contribution in [0, 0.1) is 0 Å². The summed E-state index contributed by atoms with van der Waals surface area (Å²) in [5, 5.41) is 0. The Labute approximate surface area is 138 Å². The highest BCUT2D eigenvalue weighted by molar-refractivity contribution is 7.89. The SMILES string of the molecule is COc1ccc(S(=O)(=O)N2CCN(C(C)=O)CC2)cc1C(C)C. The highest BCUT2D eigenvalue weighted by atomic mass is 32.2. The third-order valence-electron chi connectivity index (χ3n) is 4.14. The predicted molar refractivity (Wildman–Crippen MR) is 88.1 cm³/mol. The highest BCUT2D eigenvalue weighted by Gasteiger charge is 2.29. The number of hydrogen-bond acceptors (Lipinski definition) is 4. The van der Waals surface area contributed by atoms with Crippen LogP contribution in [0.25, 0.3) is 0 Å². The number of carbonyl (C=O) groups excluding carboxylic acids is 1. The van der Waals surface area contributed by atoms with Gasteiger partial charge in [-0.3, -0.25) is 4.79 Å². The van der Waals surface area contributed by atoms with Crippen LogP contribution in [0.5, 0.6) is 5.75 Å². The van der Waals surface area contributed by atoms with Crippen molar-refractivity contribution in [1.82, 2.24) is 9.21 Å². The molecule has 0 bridgehead atoms. The first-order valence-electron chi connectivity index (χ1n) is 7.71. The van der Waals surface area contributed by atoms with Gasteiger partial charge in [0.2, 0.25) is 15.9 Å². The third-order valence-corrected chi connectivity index (χ3v) is 6.04. The molecule has 1 amide bonds. The van der Waals surface area contributed by atoms with E-state index in [0.29, 0.717) is 31.9 Å². The third kappa shape index (κ3) is 3.67. The molecule has 1 fully saturated rings. The van der Waals surface area contributed by atoms with Gasteiger partial charge in [-0.05, 0) is 29.7 Å². The van der Waals surface area contributed by atoms with Crippen molar-refractivity contribution >= 4 is 15.9 Å². The van der Waals surface area contributed by atoms with Gasteiger partial charge in [-0.25, -0.2) is 8.42 Å². The van der Waals surface area contributed by atoms with Crippen molar-refractivity contribution in [2.45, 2.75) is 31.6 Å². The van der Waals surface area contributed by atoms with E-state index < -0.39 is 10.0 Å². The minimum atomic E-state index is -3.55. The van der Waals surface area contributed by atoms with E-state index in [2.05, 4.69) is 0 Å². The minimum absolute atomic E-state index is 0.0198. The fourth-order valence-electron chi connectivity index (χ4n) is 2.72. The summed E-state index contributed by atoms with van der Waals surface area (Å²) in [6, 6.07) is 4.97. The van der Waals surface area contributed by atoms with Gasteiger partial charge in [0.15, 0.2) is 0 Å².